The van der Waals surface area contributed by atoms with E-state index in [2.05, 4.69) is 4.99 Å². The summed E-state index contributed by atoms with van der Waals surface area (Å²) in [5.74, 6) is 1.19. The van der Waals surface area contributed by atoms with Crippen LogP contribution < -0.4 is 4.74 Å². The number of aryl methyl sites for hydroxylation is 1. The molecule has 0 unspecified atom stereocenters. The fourth-order valence-electron chi connectivity index (χ4n) is 2.08. The number of nitrogens with zero attached hydrogens (tertiary/aromatic N) is 1. The molecule has 3 nitrogen and oxygen atoms in total. The SMILES string of the molecule is Cc1ccc2c(c1)OCC(SCC(=O)c1ccc(Cl)cc1)=N2. The molecule has 112 valence electrons. The number of thioether (sulfide) groups is 1. The van der Waals surface area contributed by atoms with Crippen molar-refractivity contribution in [2.45, 2.75) is 6.92 Å². The summed E-state index contributed by atoms with van der Waals surface area (Å²) in [6.07, 6.45) is 0. The molecule has 0 amide bonds. The summed E-state index contributed by atoms with van der Waals surface area (Å²) in [4.78, 5) is 16.7. The maximum absolute atomic E-state index is 12.1. The Morgan fingerprint density at radius 1 is 1.27 bits per heavy atom. The molecule has 2 aromatic rings. The smallest absolute Gasteiger partial charge is 0.173 e. The van der Waals surface area contributed by atoms with Gasteiger partial charge in [0.15, 0.2) is 5.78 Å². The highest BCUT2D eigenvalue weighted by atomic mass is 35.5. The number of Topliss-reactive ketones (excluding diaryl/α,β-unsaturated/α-hetero) is 1. The van der Waals surface area contributed by atoms with Gasteiger partial charge in [-0.15, -0.1) is 0 Å². The van der Waals surface area contributed by atoms with E-state index < -0.39 is 0 Å². The van der Waals surface area contributed by atoms with Crippen molar-refractivity contribution in [3.8, 4) is 5.75 Å². The van der Waals surface area contributed by atoms with Gasteiger partial charge in [0, 0.05) is 10.6 Å². The van der Waals surface area contributed by atoms with Gasteiger partial charge in [0.25, 0.3) is 0 Å². The van der Waals surface area contributed by atoms with Crippen molar-refractivity contribution in [3.05, 3.63) is 58.6 Å². The molecule has 0 atom stereocenters. The molecule has 1 aliphatic heterocycles. The number of halogens is 1. The van der Waals surface area contributed by atoms with E-state index in [0.717, 1.165) is 22.0 Å². The summed E-state index contributed by atoms with van der Waals surface area (Å²) < 4.78 is 5.69. The summed E-state index contributed by atoms with van der Waals surface area (Å²) in [6, 6.07) is 12.8. The number of hydrogen-bond donors (Lipinski definition) is 0. The van der Waals surface area contributed by atoms with Gasteiger partial charge in [-0.05, 0) is 48.9 Å². The van der Waals surface area contributed by atoms with Crippen LogP contribution in [0.2, 0.25) is 5.02 Å². The van der Waals surface area contributed by atoms with Crippen LogP contribution in [0.15, 0.2) is 47.5 Å². The van der Waals surface area contributed by atoms with Crippen LogP contribution >= 0.6 is 23.4 Å². The van der Waals surface area contributed by atoms with Crippen molar-refractivity contribution < 1.29 is 9.53 Å². The topological polar surface area (TPSA) is 38.7 Å². The molecule has 0 aliphatic carbocycles. The molecule has 2 aromatic carbocycles. The summed E-state index contributed by atoms with van der Waals surface area (Å²) in [6.45, 7) is 2.43. The van der Waals surface area contributed by atoms with Crippen LogP contribution in [0.4, 0.5) is 5.69 Å². The first-order valence-corrected chi connectivity index (χ1v) is 8.21. The highest BCUT2D eigenvalue weighted by Gasteiger charge is 2.15. The zero-order valence-electron chi connectivity index (χ0n) is 12.0. The third-order valence-electron chi connectivity index (χ3n) is 3.25. The second kappa shape index (κ2) is 6.55. The molecule has 5 heteroatoms. The number of aliphatic imine (C=N–C) groups is 1. The van der Waals surface area contributed by atoms with E-state index in [0.29, 0.717) is 22.9 Å². The van der Waals surface area contributed by atoms with Crippen LogP contribution in [0.25, 0.3) is 0 Å². The Bertz CT molecular complexity index is 741. The highest BCUT2D eigenvalue weighted by molar-refractivity contribution is 8.14. The number of carbonyl (C=O) groups excluding carboxylic acids is 1. The van der Waals surface area contributed by atoms with E-state index in [-0.39, 0.29) is 5.78 Å². The highest BCUT2D eigenvalue weighted by Crippen LogP contribution is 2.33. The number of ketones is 1. The van der Waals surface area contributed by atoms with E-state index in [4.69, 9.17) is 16.3 Å². The van der Waals surface area contributed by atoms with Crippen molar-refractivity contribution in [1.82, 2.24) is 0 Å². The zero-order chi connectivity index (χ0) is 15.5. The van der Waals surface area contributed by atoms with E-state index in [1.54, 1.807) is 24.3 Å². The molecule has 0 bridgehead atoms. The maximum Gasteiger partial charge on any atom is 0.173 e. The Hall–Kier alpha value is -1.78. The number of benzene rings is 2. The minimum atomic E-state index is 0.0547. The average Bonchev–Trinajstić information content (AvgIpc) is 2.53. The van der Waals surface area contributed by atoms with Crippen molar-refractivity contribution >= 4 is 39.9 Å². The third kappa shape index (κ3) is 3.51. The van der Waals surface area contributed by atoms with Gasteiger partial charge in [-0.25, -0.2) is 4.99 Å². The molecule has 0 saturated carbocycles. The largest absolute Gasteiger partial charge is 0.484 e. The molecule has 0 aromatic heterocycles. The van der Waals surface area contributed by atoms with Crippen LogP contribution in [0.5, 0.6) is 5.75 Å². The average molecular weight is 332 g/mol. The number of ether oxygens (including phenoxy) is 1. The van der Waals surface area contributed by atoms with Gasteiger partial charge in [0.2, 0.25) is 0 Å². The van der Waals surface area contributed by atoms with Crippen LogP contribution in [0.3, 0.4) is 0 Å². The molecule has 22 heavy (non-hydrogen) atoms. The molecular formula is C17H14ClNO2S. The minimum Gasteiger partial charge on any atom is -0.484 e. The van der Waals surface area contributed by atoms with E-state index in [9.17, 15) is 4.79 Å². The Morgan fingerprint density at radius 3 is 2.82 bits per heavy atom. The van der Waals surface area contributed by atoms with Gasteiger partial charge in [-0.3, -0.25) is 4.79 Å². The monoisotopic (exact) mass is 331 g/mol. The van der Waals surface area contributed by atoms with Crippen LogP contribution in [-0.4, -0.2) is 23.2 Å². The fourth-order valence-corrected chi connectivity index (χ4v) is 2.97. The molecule has 1 heterocycles. The maximum atomic E-state index is 12.1. The lowest BCUT2D eigenvalue weighted by atomic mass is 10.1. The van der Waals surface area contributed by atoms with Crippen molar-refractivity contribution in [1.29, 1.82) is 0 Å². The Balaban J connectivity index is 1.66. The fraction of sp³-hybridized carbons (Fsp3) is 0.176. The summed E-state index contributed by atoms with van der Waals surface area (Å²) in [5.41, 5.74) is 2.62. The van der Waals surface area contributed by atoms with Gasteiger partial charge in [-0.2, -0.15) is 0 Å². The van der Waals surface area contributed by atoms with Crippen molar-refractivity contribution in [3.63, 3.8) is 0 Å². The van der Waals surface area contributed by atoms with Gasteiger partial charge in [-0.1, -0.05) is 29.4 Å². The molecule has 0 saturated heterocycles. The lowest BCUT2D eigenvalue weighted by Crippen LogP contribution is -2.14. The number of carbonyl (C=O) groups is 1. The zero-order valence-corrected chi connectivity index (χ0v) is 13.6. The van der Waals surface area contributed by atoms with Gasteiger partial charge >= 0.3 is 0 Å². The lowest BCUT2D eigenvalue weighted by molar-refractivity contribution is 0.102. The summed E-state index contributed by atoms with van der Waals surface area (Å²) in [7, 11) is 0. The van der Waals surface area contributed by atoms with Crippen molar-refractivity contribution in [2.75, 3.05) is 12.4 Å². The van der Waals surface area contributed by atoms with E-state index in [1.165, 1.54) is 11.8 Å². The molecular weight excluding hydrogens is 318 g/mol. The Kier molecular flexibility index (Phi) is 4.50. The first-order valence-electron chi connectivity index (χ1n) is 6.84. The third-order valence-corrected chi connectivity index (χ3v) is 4.45. The first-order chi connectivity index (χ1) is 10.6. The van der Waals surface area contributed by atoms with Crippen LogP contribution in [0.1, 0.15) is 15.9 Å². The molecule has 0 N–H and O–H groups in total. The second-order valence-electron chi connectivity index (χ2n) is 4.98. The predicted molar refractivity (Wildman–Crippen MR) is 92.0 cm³/mol. The molecule has 0 fully saturated rings. The Morgan fingerprint density at radius 2 is 2.05 bits per heavy atom. The van der Waals surface area contributed by atoms with Gasteiger partial charge < -0.3 is 4.74 Å². The number of fused-ring (bicyclic) bond motifs is 1. The predicted octanol–water partition coefficient (Wildman–Crippen LogP) is 4.69. The van der Waals surface area contributed by atoms with E-state index >= 15 is 0 Å². The van der Waals surface area contributed by atoms with Crippen LogP contribution in [0, 0.1) is 6.92 Å². The first kappa shape index (κ1) is 15.1. The van der Waals surface area contributed by atoms with Crippen molar-refractivity contribution in [2.24, 2.45) is 4.99 Å². The minimum absolute atomic E-state index is 0.0547. The number of rotatable bonds is 3. The molecule has 3 rings (SSSR count). The normalized spacial score (nSPS) is 13.1. The van der Waals surface area contributed by atoms with Crippen LogP contribution in [-0.2, 0) is 0 Å². The molecule has 0 spiro atoms. The summed E-state index contributed by atoms with van der Waals surface area (Å²) in [5, 5.41) is 1.44. The lowest BCUT2D eigenvalue weighted by Gasteiger charge is -2.16. The quantitative estimate of drug-likeness (QED) is 0.766. The van der Waals surface area contributed by atoms with Gasteiger partial charge in [0.05, 0.1) is 5.75 Å². The molecule has 1 aliphatic rings. The standard InChI is InChI=1S/C17H14ClNO2S/c1-11-2-7-14-16(8-11)21-9-17(19-14)22-10-15(20)12-3-5-13(18)6-4-12/h2-8H,9-10H2,1H3. The van der Waals surface area contributed by atoms with Gasteiger partial charge in [0.1, 0.15) is 23.1 Å². The van der Waals surface area contributed by atoms with E-state index in [1.807, 2.05) is 25.1 Å². The molecule has 0 radical (unpaired) electrons. The summed E-state index contributed by atoms with van der Waals surface area (Å²) >= 11 is 7.24. The Labute approximate surface area is 138 Å². The second-order valence-corrected chi connectivity index (χ2v) is 6.47. The number of hydrogen-bond acceptors (Lipinski definition) is 4.